The molecule has 0 spiro atoms. The molecule has 0 saturated carbocycles. The molecule has 1 aromatic heterocycles. The number of nitrogens with zero attached hydrogens (tertiary/aromatic N) is 2. The number of ether oxygens (including phenoxy) is 1. The second kappa shape index (κ2) is 7.87. The molecule has 160 valence electrons. The summed E-state index contributed by atoms with van der Waals surface area (Å²) in [5.41, 5.74) is 2.15. The molecule has 0 unspecified atom stereocenters. The number of aromatic nitrogens is 2. The van der Waals surface area contributed by atoms with Crippen LogP contribution in [0.5, 0.6) is 0 Å². The lowest BCUT2D eigenvalue weighted by molar-refractivity contribution is 0.00578. The van der Waals surface area contributed by atoms with Gasteiger partial charge in [0.15, 0.2) is 8.32 Å². The van der Waals surface area contributed by atoms with Crippen LogP contribution in [-0.4, -0.2) is 50.1 Å². The number of rotatable bonds is 7. The van der Waals surface area contributed by atoms with Gasteiger partial charge in [-0.15, -0.1) is 0 Å². The van der Waals surface area contributed by atoms with Crippen molar-refractivity contribution in [2.75, 3.05) is 13.7 Å². The highest BCUT2D eigenvalue weighted by molar-refractivity contribution is 6.74. The molecule has 1 aromatic rings. The zero-order valence-corrected chi connectivity index (χ0v) is 20.7. The number of hydrogen-bond donors (Lipinski definition) is 0. The summed E-state index contributed by atoms with van der Waals surface area (Å²) in [6.45, 7) is 23.4. The van der Waals surface area contributed by atoms with Gasteiger partial charge in [-0.2, -0.15) is 5.10 Å². The van der Waals surface area contributed by atoms with Crippen LogP contribution in [0.25, 0.3) is 0 Å². The second-order valence-electron chi connectivity index (χ2n) is 10.3. The standard InChI is InChI=1S/C20H39BN2O4Si/c1-15-17(21-26-19(5,6)20(7,8)27-21)16(23(22-15)12-13-24-9)14-25-28(10,11)18(2,3)4/h12-14H2,1-11H3. The molecule has 6 nitrogen and oxygen atoms in total. The van der Waals surface area contributed by atoms with E-state index in [4.69, 9.17) is 23.6 Å². The maximum absolute atomic E-state index is 6.54. The molecule has 0 amide bonds. The molecule has 0 atom stereocenters. The summed E-state index contributed by atoms with van der Waals surface area (Å²) >= 11 is 0. The largest absolute Gasteiger partial charge is 0.498 e. The molecule has 2 heterocycles. The average molecular weight is 410 g/mol. The van der Waals surface area contributed by atoms with Crippen LogP contribution in [0.3, 0.4) is 0 Å². The Hall–Kier alpha value is -0.668. The number of methoxy groups -OCH3 is 1. The molecule has 0 aliphatic carbocycles. The fraction of sp³-hybridized carbons (Fsp3) is 0.850. The first-order chi connectivity index (χ1) is 12.6. The Morgan fingerprint density at radius 1 is 1.11 bits per heavy atom. The maximum atomic E-state index is 6.54. The molecule has 28 heavy (non-hydrogen) atoms. The summed E-state index contributed by atoms with van der Waals surface area (Å²) < 4.78 is 26.5. The Kier molecular flexibility index (Phi) is 6.64. The second-order valence-corrected chi connectivity index (χ2v) is 15.1. The van der Waals surface area contributed by atoms with E-state index in [0.29, 0.717) is 19.8 Å². The highest BCUT2D eigenvalue weighted by Gasteiger charge is 2.53. The summed E-state index contributed by atoms with van der Waals surface area (Å²) in [7, 11) is -0.645. The van der Waals surface area contributed by atoms with Gasteiger partial charge in [0.05, 0.1) is 42.3 Å². The minimum absolute atomic E-state index is 0.143. The fourth-order valence-corrected chi connectivity index (χ4v) is 3.82. The lowest BCUT2D eigenvalue weighted by atomic mass is 9.77. The van der Waals surface area contributed by atoms with Crippen molar-refractivity contribution in [3.63, 3.8) is 0 Å². The van der Waals surface area contributed by atoms with E-state index in [0.717, 1.165) is 16.9 Å². The van der Waals surface area contributed by atoms with Gasteiger partial charge in [-0.3, -0.25) is 4.68 Å². The topological polar surface area (TPSA) is 54.7 Å². The predicted molar refractivity (Wildman–Crippen MR) is 117 cm³/mol. The zero-order valence-electron chi connectivity index (χ0n) is 19.7. The van der Waals surface area contributed by atoms with Gasteiger partial charge in [-0.1, -0.05) is 20.8 Å². The molecule has 1 aliphatic heterocycles. The van der Waals surface area contributed by atoms with Gasteiger partial charge < -0.3 is 18.5 Å². The Bertz CT molecular complexity index is 679. The Balaban J connectivity index is 2.39. The van der Waals surface area contributed by atoms with E-state index >= 15 is 0 Å². The van der Waals surface area contributed by atoms with Gasteiger partial charge in [0, 0.05) is 12.6 Å². The Morgan fingerprint density at radius 2 is 1.64 bits per heavy atom. The molecular weight excluding hydrogens is 371 g/mol. The summed E-state index contributed by atoms with van der Waals surface area (Å²) in [5, 5.41) is 4.91. The van der Waals surface area contributed by atoms with Crippen molar-refractivity contribution in [2.45, 2.75) is 97.9 Å². The van der Waals surface area contributed by atoms with E-state index in [1.807, 2.05) is 11.6 Å². The van der Waals surface area contributed by atoms with E-state index in [9.17, 15) is 0 Å². The van der Waals surface area contributed by atoms with Crippen molar-refractivity contribution in [3.8, 4) is 0 Å². The third-order valence-corrected chi connectivity index (χ3v) is 11.1. The summed E-state index contributed by atoms with van der Waals surface area (Å²) in [4.78, 5) is 0. The van der Waals surface area contributed by atoms with Crippen LogP contribution in [0, 0.1) is 6.92 Å². The molecule has 1 fully saturated rings. The van der Waals surface area contributed by atoms with Crippen molar-refractivity contribution in [1.29, 1.82) is 0 Å². The Morgan fingerprint density at radius 3 is 2.11 bits per heavy atom. The van der Waals surface area contributed by atoms with Gasteiger partial charge in [-0.05, 0) is 52.8 Å². The van der Waals surface area contributed by atoms with E-state index in [1.54, 1.807) is 7.11 Å². The van der Waals surface area contributed by atoms with Gasteiger partial charge in [0.1, 0.15) is 0 Å². The quantitative estimate of drug-likeness (QED) is 0.642. The van der Waals surface area contributed by atoms with Crippen LogP contribution in [0.4, 0.5) is 0 Å². The summed E-state index contributed by atoms with van der Waals surface area (Å²) in [5.74, 6) is 0. The number of hydrogen-bond acceptors (Lipinski definition) is 5. The van der Waals surface area contributed by atoms with Crippen molar-refractivity contribution in [1.82, 2.24) is 9.78 Å². The summed E-state index contributed by atoms with van der Waals surface area (Å²) in [6, 6.07) is 0. The minimum Gasteiger partial charge on any atom is -0.411 e. The van der Waals surface area contributed by atoms with Crippen molar-refractivity contribution in [2.24, 2.45) is 0 Å². The van der Waals surface area contributed by atoms with Crippen LogP contribution in [0.1, 0.15) is 59.9 Å². The predicted octanol–water partition coefficient (Wildman–Crippen LogP) is 3.66. The highest BCUT2D eigenvalue weighted by Crippen LogP contribution is 2.38. The minimum atomic E-state index is -1.91. The highest BCUT2D eigenvalue weighted by atomic mass is 28.4. The number of aryl methyl sites for hydroxylation is 1. The first-order valence-electron chi connectivity index (χ1n) is 10.2. The lowest BCUT2D eigenvalue weighted by Crippen LogP contribution is -2.43. The zero-order chi connectivity index (χ0) is 21.5. The first-order valence-corrected chi connectivity index (χ1v) is 13.1. The normalized spacial score (nSPS) is 19.5. The van der Waals surface area contributed by atoms with Gasteiger partial charge in [0.25, 0.3) is 0 Å². The Labute approximate surface area is 172 Å². The van der Waals surface area contributed by atoms with Gasteiger partial charge >= 0.3 is 7.12 Å². The van der Waals surface area contributed by atoms with Gasteiger partial charge in [-0.25, -0.2) is 0 Å². The molecule has 1 aliphatic rings. The molecule has 0 radical (unpaired) electrons. The fourth-order valence-electron chi connectivity index (χ4n) is 2.89. The molecule has 0 N–H and O–H groups in total. The maximum Gasteiger partial charge on any atom is 0.498 e. The van der Waals surface area contributed by atoms with E-state index < -0.39 is 26.6 Å². The van der Waals surface area contributed by atoms with Crippen LogP contribution < -0.4 is 5.46 Å². The third kappa shape index (κ3) is 4.56. The monoisotopic (exact) mass is 410 g/mol. The lowest BCUT2D eigenvalue weighted by Gasteiger charge is -2.36. The average Bonchev–Trinajstić information content (AvgIpc) is 2.94. The van der Waals surface area contributed by atoms with Crippen LogP contribution in [-0.2, 0) is 31.6 Å². The van der Waals surface area contributed by atoms with Crippen LogP contribution >= 0.6 is 0 Å². The smallest absolute Gasteiger partial charge is 0.411 e. The molecule has 1 saturated heterocycles. The molecule has 0 aromatic carbocycles. The molecule has 2 rings (SSSR count). The molecule has 8 heteroatoms. The molecule has 0 bridgehead atoms. The first kappa shape index (κ1) is 23.6. The van der Waals surface area contributed by atoms with Crippen molar-refractivity contribution < 1.29 is 18.5 Å². The third-order valence-electron chi connectivity index (χ3n) is 6.66. The van der Waals surface area contributed by atoms with Crippen LogP contribution in [0.2, 0.25) is 18.1 Å². The van der Waals surface area contributed by atoms with E-state index in [1.165, 1.54) is 0 Å². The van der Waals surface area contributed by atoms with E-state index in [2.05, 4.69) is 61.6 Å². The SMILES string of the molecule is COCCn1nc(C)c(B2OC(C)(C)C(C)(C)O2)c1CO[Si](C)(C)C(C)(C)C. The van der Waals surface area contributed by atoms with Gasteiger partial charge in [0.2, 0.25) is 0 Å². The van der Waals surface area contributed by atoms with Crippen molar-refractivity contribution >= 4 is 20.9 Å². The van der Waals surface area contributed by atoms with Crippen LogP contribution in [0.15, 0.2) is 0 Å². The van der Waals surface area contributed by atoms with Crippen molar-refractivity contribution in [3.05, 3.63) is 11.4 Å². The van der Waals surface area contributed by atoms with E-state index in [-0.39, 0.29) is 5.04 Å². The summed E-state index contributed by atoms with van der Waals surface area (Å²) in [6.07, 6.45) is 0. The molecular formula is C20H39BN2O4Si.